The number of amides is 1. The maximum atomic E-state index is 12.6. The van der Waals surface area contributed by atoms with Crippen LogP contribution in [-0.2, 0) is 9.59 Å². The minimum atomic E-state index is -0.974. The van der Waals surface area contributed by atoms with Crippen LogP contribution in [0.2, 0.25) is 0 Å². The molecular weight excluding hydrogens is 382 g/mol. The molecule has 0 saturated carbocycles. The molecule has 0 saturated heterocycles. The van der Waals surface area contributed by atoms with Crippen molar-refractivity contribution in [1.82, 2.24) is 5.32 Å². The van der Waals surface area contributed by atoms with E-state index in [0.29, 0.717) is 11.1 Å². The normalized spacial score (nSPS) is 12.0. The van der Waals surface area contributed by atoms with Crippen LogP contribution < -0.4 is 5.32 Å². The van der Waals surface area contributed by atoms with Crippen LogP contribution in [0.5, 0.6) is 0 Å². The summed E-state index contributed by atoms with van der Waals surface area (Å²) in [6, 6.07) is 20.7. The molecule has 0 aliphatic rings. The number of aliphatic carboxylic acids is 1. The second-order valence-electron chi connectivity index (χ2n) is 7.01. The molecule has 0 unspecified atom stereocenters. The topological polar surface area (TPSA) is 96.6 Å². The van der Waals surface area contributed by atoms with Gasteiger partial charge >= 0.3 is 5.97 Å². The smallest absolute Gasteiger partial charge is 0.303 e. The molecule has 150 valence electrons. The minimum absolute atomic E-state index is 0.144. The fraction of sp³-hybridized carbons (Fsp3) is 0.125. The summed E-state index contributed by atoms with van der Waals surface area (Å²) in [6.45, 7) is 0. The van der Waals surface area contributed by atoms with E-state index in [-0.39, 0.29) is 18.4 Å². The van der Waals surface area contributed by atoms with Crippen LogP contribution in [-0.4, -0.2) is 22.8 Å². The predicted octanol–water partition coefficient (Wildman–Crippen LogP) is 4.49. The van der Waals surface area contributed by atoms with Gasteiger partial charge in [0.1, 0.15) is 11.2 Å². The van der Waals surface area contributed by atoms with Crippen molar-refractivity contribution in [2.75, 3.05) is 0 Å². The number of para-hydroxylation sites is 1. The van der Waals surface area contributed by atoms with Crippen molar-refractivity contribution >= 4 is 39.6 Å². The van der Waals surface area contributed by atoms with E-state index in [1.165, 1.54) is 0 Å². The maximum absolute atomic E-state index is 12.6. The van der Waals surface area contributed by atoms with Gasteiger partial charge in [-0.25, -0.2) is 0 Å². The summed E-state index contributed by atoms with van der Waals surface area (Å²) in [6.07, 6.45) is 0.0130. The lowest BCUT2D eigenvalue weighted by molar-refractivity contribution is -0.137. The Labute approximate surface area is 172 Å². The van der Waals surface area contributed by atoms with E-state index >= 15 is 0 Å². The van der Waals surface area contributed by atoms with Crippen LogP contribution in [0.1, 0.15) is 34.8 Å². The molecule has 4 aromatic rings. The fourth-order valence-corrected chi connectivity index (χ4v) is 3.49. The van der Waals surface area contributed by atoms with E-state index in [1.807, 2.05) is 30.3 Å². The van der Waals surface area contributed by atoms with Gasteiger partial charge in [0.15, 0.2) is 0 Å². The zero-order valence-electron chi connectivity index (χ0n) is 16.0. The van der Waals surface area contributed by atoms with Crippen molar-refractivity contribution < 1.29 is 23.9 Å². The Hall–Kier alpha value is -3.93. The number of furan rings is 1. The first-order valence-corrected chi connectivity index (χ1v) is 9.56. The van der Waals surface area contributed by atoms with Crippen LogP contribution >= 0.6 is 0 Å². The van der Waals surface area contributed by atoms with Crippen molar-refractivity contribution in [2.45, 2.75) is 18.9 Å². The number of ketones is 1. The van der Waals surface area contributed by atoms with E-state index in [9.17, 15) is 14.4 Å². The average molecular weight is 401 g/mol. The van der Waals surface area contributed by atoms with Crippen LogP contribution in [0.25, 0.3) is 21.9 Å². The molecule has 2 N–H and O–H groups in total. The van der Waals surface area contributed by atoms with Gasteiger partial charge < -0.3 is 14.8 Å². The second kappa shape index (κ2) is 8.21. The number of hydrogen-bond acceptors (Lipinski definition) is 4. The molecule has 1 atom stereocenters. The van der Waals surface area contributed by atoms with Crippen molar-refractivity contribution in [3.8, 4) is 0 Å². The van der Waals surface area contributed by atoms with Gasteiger partial charge in [-0.3, -0.25) is 14.4 Å². The summed E-state index contributed by atoms with van der Waals surface area (Å²) in [4.78, 5) is 36.2. The van der Waals surface area contributed by atoms with Crippen molar-refractivity contribution in [1.29, 1.82) is 0 Å². The Morgan fingerprint density at radius 1 is 0.867 bits per heavy atom. The van der Waals surface area contributed by atoms with Gasteiger partial charge in [-0.05, 0) is 30.2 Å². The highest BCUT2D eigenvalue weighted by atomic mass is 16.4. The van der Waals surface area contributed by atoms with Gasteiger partial charge in [0.05, 0.1) is 6.04 Å². The van der Waals surface area contributed by atoms with Crippen LogP contribution in [0.3, 0.4) is 0 Å². The highest BCUT2D eigenvalue weighted by Crippen LogP contribution is 2.31. The lowest BCUT2D eigenvalue weighted by Crippen LogP contribution is -2.34. The molecule has 0 spiro atoms. The molecule has 1 amide bonds. The third kappa shape index (κ3) is 3.93. The molecule has 6 heteroatoms. The standard InChI is InChI=1S/C24H19NO5/c26-22(27)13-11-19(25-24(29)23(28)15-6-2-1-3-7-15)16-10-12-21-18(14-16)17-8-4-5-9-20(17)30-21/h1-10,12,14,19H,11,13H2,(H,25,29)(H,26,27)/t19-/m0/s1. The van der Waals surface area contributed by atoms with Crippen LogP contribution in [0.15, 0.2) is 77.2 Å². The number of benzene rings is 3. The molecular formula is C24H19NO5. The van der Waals surface area contributed by atoms with Gasteiger partial charge in [0.2, 0.25) is 5.78 Å². The SMILES string of the molecule is O=C(O)CC[C@H](NC(=O)C(=O)c1ccccc1)c1ccc2oc3ccccc3c2c1. The Morgan fingerprint density at radius 2 is 1.57 bits per heavy atom. The Morgan fingerprint density at radius 3 is 2.33 bits per heavy atom. The number of carbonyl (C=O) groups is 3. The Bertz CT molecular complexity index is 1240. The molecule has 3 aromatic carbocycles. The molecule has 1 aromatic heterocycles. The van der Waals surface area contributed by atoms with Gasteiger partial charge in [-0.15, -0.1) is 0 Å². The van der Waals surface area contributed by atoms with Crippen molar-refractivity contribution in [3.05, 3.63) is 83.9 Å². The monoisotopic (exact) mass is 401 g/mol. The molecule has 0 aliphatic heterocycles. The second-order valence-corrected chi connectivity index (χ2v) is 7.01. The third-order valence-electron chi connectivity index (χ3n) is 5.00. The van der Waals surface area contributed by atoms with Gasteiger partial charge in [0, 0.05) is 22.8 Å². The van der Waals surface area contributed by atoms with Gasteiger partial charge in [0.25, 0.3) is 5.91 Å². The van der Waals surface area contributed by atoms with E-state index < -0.39 is 23.7 Å². The van der Waals surface area contributed by atoms with Crippen molar-refractivity contribution in [2.24, 2.45) is 0 Å². The average Bonchev–Trinajstić information content (AvgIpc) is 3.14. The first-order chi connectivity index (χ1) is 14.5. The summed E-state index contributed by atoms with van der Waals surface area (Å²) in [7, 11) is 0. The zero-order valence-corrected chi connectivity index (χ0v) is 16.0. The first kappa shape index (κ1) is 19.4. The Balaban J connectivity index is 1.66. The number of carboxylic acids is 1. The van der Waals surface area contributed by atoms with Crippen LogP contribution in [0.4, 0.5) is 0 Å². The predicted molar refractivity (Wildman–Crippen MR) is 112 cm³/mol. The number of rotatable bonds is 7. The largest absolute Gasteiger partial charge is 0.481 e. The Kier molecular flexibility index (Phi) is 5.30. The summed E-state index contributed by atoms with van der Waals surface area (Å²) in [5.41, 5.74) is 2.44. The number of fused-ring (bicyclic) bond motifs is 3. The first-order valence-electron chi connectivity index (χ1n) is 9.56. The summed E-state index contributed by atoms with van der Waals surface area (Å²) < 4.78 is 5.83. The summed E-state index contributed by atoms with van der Waals surface area (Å²) >= 11 is 0. The quantitative estimate of drug-likeness (QED) is 0.351. The zero-order chi connectivity index (χ0) is 21.1. The van der Waals surface area contributed by atoms with E-state index in [4.69, 9.17) is 9.52 Å². The molecule has 0 bridgehead atoms. The van der Waals surface area contributed by atoms with Crippen LogP contribution in [0, 0.1) is 0 Å². The van der Waals surface area contributed by atoms with Gasteiger partial charge in [-0.1, -0.05) is 54.6 Å². The summed E-state index contributed by atoms with van der Waals surface area (Å²) in [5, 5.41) is 13.6. The molecule has 4 rings (SSSR count). The van der Waals surface area contributed by atoms with E-state index in [1.54, 1.807) is 42.5 Å². The lowest BCUT2D eigenvalue weighted by Gasteiger charge is -2.18. The maximum Gasteiger partial charge on any atom is 0.303 e. The molecule has 6 nitrogen and oxygen atoms in total. The third-order valence-corrected chi connectivity index (χ3v) is 5.00. The number of carbonyl (C=O) groups excluding carboxylic acids is 2. The van der Waals surface area contributed by atoms with Gasteiger partial charge in [-0.2, -0.15) is 0 Å². The van der Waals surface area contributed by atoms with E-state index in [2.05, 4.69) is 5.32 Å². The molecule has 30 heavy (non-hydrogen) atoms. The minimum Gasteiger partial charge on any atom is -0.481 e. The fourth-order valence-electron chi connectivity index (χ4n) is 3.49. The number of carboxylic acid groups (broad SMARTS) is 1. The number of nitrogens with one attached hydrogen (secondary N) is 1. The molecule has 0 radical (unpaired) electrons. The molecule has 0 aliphatic carbocycles. The van der Waals surface area contributed by atoms with E-state index in [0.717, 1.165) is 16.4 Å². The number of Topliss-reactive ketones (excluding diaryl/α,β-unsaturated/α-hetero) is 1. The molecule has 1 heterocycles. The van der Waals surface area contributed by atoms with Crippen molar-refractivity contribution in [3.63, 3.8) is 0 Å². The highest BCUT2D eigenvalue weighted by Gasteiger charge is 2.22. The molecule has 0 fully saturated rings. The number of hydrogen-bond donors (Lipinski definition) is 2. The highest BCUT2D eigenvalue weighted by molar-refractivity contribution is 6.42. The lowest BCUT2D eigenvalue weighted by atomic mass is 9.99. The summed E-state index contributed by atoms with van der Waals surface area (Å²) in [5.74, 6) is -2.40.